The molecule has 0 bridgehead atoms. The van der Waals surface area contributed by atoms with Crippen molar-refractivity contribution in [2.75, 3.05) is 11.9 Å². The van der Waals surface area contributed by atoms with E-state index in [4.69, 9.17) is 0 Å². The van der Waals surface area contributed by atoms with Crippen LogP contribution in [-0.4, -0.2) is 12.6 Å². The second-order valence-corrected chi connectivity index (χ2v) is 5.93. The molecule has 0 aromatic heterocycles. The maximum absolute atomic E-state index is 11.8. The standard InChI is InChI=1S/C16H20N2O/c1-16(2,3)11-17-15(19)18-14-9-8-12-6-4-5-7-13(12)10-14/h4-10H,11H2,1-3H3,(H2,17,18,19). The highest BCUT2D eigenvalue weighted by atomic mass is 16.2. The van der Waals surface area contributed by atoms with Gasteiger partial charge in [0.25, 0.3) is 0 Å². The fourth-order valence-electron chi connectivity index (χ4n) is 1.79. The third-order valence-corrected chi connectivity index (χ3v) is 2.79. The van der Waals surface area contributed by atoms with Crippen molar-refractivity contribution in [1.29, 1.82) is 0 Å². The lowest BCUT2D eigenvalue weighted by molar-refractivity contribution is 0.247. The van der Waals surface area contributed by atoms with Gasteiger partial charge in [-0.25, -0.2) is 4.79 Å². The summed E-state index contributed by atoms with van der Waals surface area (Å²) in [7, 11) is 0. The van der Waals surface area contributed by atoms with Crippen LogP contribution in [0.25, 0.3) is 10.8 Å². The molecule has 0 saturated heterocycles. The van der Waals surface area contributed by atoms with Crippen molar-refractivity contribution in [3.05, 3.63) is 42.5 Å². The molecule has 100 valence electrons. The van der Waals surface area contributed by atoms with Gasteiger partial charge in [-0.1, -0.05) is 51.1 Å². The fourth-order valence-corrected chi connectivity index (χ4v) is 1.79. The summed E-state index contributed by atoms with van der Waals surface area (Å²) in [6.45, 7) is 6.91. The predicted molar refractivity (Wildman–Crippen MR) is 80.4 cm³/mol. The molecule has 0 aliphatic heterocycles. The van der Waals surface area contributed by atoms with Gasteiger partial charge >= 0.3 is 6.03 Å². The summed E-state index contributed by atoms with van der Waals surface area (Å²) in [6, 6.07) is 13.8. The van der Waals surface area contributed by atoms with Gasteiger partial charge in [0.1, 0.15) is 0 Å². The molecule has 2 aromatic rings. The number of fused-ring (bicyclic) bond motifs is 1. The SMILES string of the molecule is CC(C)(C)CNC(=O)Nc1ccc2ccccc2c1. The number of nitrogens with one attached hydrogen (secondary N) is 2. The molecule has 3 heteroatoms. The Morgan fingerprint density at radius 1 is 1.05 bits per heavy atom. The Labute approximate surface area is 114 Å². The van der Waals surface area contributed by atoms with Crippen molar-refractivity contribution in [3.8, 4) is 0 Å². The van der Waals surface area contributed by atoms with Crippen LogP contribution in [0.5, 0.6) is 0 Å². The molecule has 0 saturated carbocycles. The molecule has 0 aliphatic carbocycles. The second kappa shape index (κ2) is 5.31. The summed E-state index contributed by atoms with van der Waals surface area (Å²) in [6.07, 6.45) is 0. The molecule has 0 spiro atoms. The summed E-state index contributed by atoms with van der Waals surface area (Å²) < 4.78 is 0. The van der Waals surface area contributed by atoms with E-state index < -0.39 is 0 Å². The van der Waals surface area contributed by atoms with Crippen molar-refractivity contribution < 1.29 is 4.79 Å². The lowest BCUT2D eigenvalue weighted by atomic mass is 9.97. The third-order valence-electron chi connectivity index (χ3n) is 2.79. The average Bonchev–Trinajstić information content (AvgIpc) is 2.35. The number of anilines is 1. The number of amides is 2. The molecule has 2 amide bonds. The van der Waals surface area contributed by atoms with Crippen molar-refractivity contribution in [3.63, 3.8) is 0 Å². The van der Waals surface area contributed by atoms with Crippen LogP contribution in [0.1, 0.15) is 20.8 Å². The van der Waals surface area contributed by atoms with Gasteiger partial charge in [-0.2, -0.15) is 0 Å². The zero-order chi connectivity index (χ0) is 13.9. The molecule has 2 rings (SSSR count). The summed E-state index contributed by atoms with van der Waals surface area (Å²) in [4.78, 5) is 11.8. The van der Waals surface area contributed by atoms with Crippen LogP contribution in [0.4, 0.5) is 10.5 Å². The van der Waals surface area contributed by atoms with Gasteiger partial charge in [0.05, 0.1) is 0 Å². The molecule has 3 nitrogen and oxygen atoms in total. The Morgan fingerprint density at radius 3 is 2.42 bits per heavy atom. The van der Waals surface area contributed by atoms with Crippen molar-refractivity contribution in [2.24, 2.45) is 5.41 Å². The monoisotopic (exact) mass is 256 g/mol. The quantitative estimate of drug-likeness (QED) is 0.837. The van der Waals surface area contributed by atoms with Crippen LogP contribution >= 0.6 is 0 Å². The molecule has 0 fully saturated rings. The molecule has 0 unspecified atom stereocenters. The van der Waals surface area contributed by atoms with Gasteiger partial charge in [0.15, 0.2) is 0 Å². The van der Waals surface area contributed by atoms with Crippen LogP contribution in [0.2, 0.25) is 0 Å². The third kappa shape index (κ3) is 3.98. The van der Waals surface area contributed by atoms with Crippen molar-refractivity contribution in [1.82, 2.24) is 5.32 Å². The average molecular weight is 256 g/mol. The van der Waals surface area contributed by atoms with Gasteiger partial charge in [0.2, 0.25) is 0 Å². The largest absolute Gasteiger partial charge is 0.337 e. The Kier molecular flexibility index (Phi) is 3.74. The highest BCUT2D eigenvalue weighted by Crippen LogP contribution is 2.18. The number of carbonyl (C=O) groups excluding carboxylic acids is 1. The number of urea groups is 1. The Morgan fingerprint density at radius 2 is 1.74 bits per heavy atom. The van der Waals surface area contributed by atoms with E-state index in [-0.39, 0.29) is 11.4 Å². The molecule has 0 atom stereocenters. The van der Waals surface area contributed by atoms with Crippen LogP contribution in [0.3, 0.4) is 0 Å². The van der Waals surface area contributed by atoms with Gasteiger partial charge in [-0.05, 0) is 28.3 Å². The molecule has 0 aliphatic rings. The second-order valence-electron chi connectivity index (χ2n) is 5.93. The number of hydrogen-bond donors (Lipinski definition) is 2. The normalized spacial score (nSPS) is 11.3. The highest BCUT2D eigenvalue weighted by Gasteiger charge is 2.11. The van der Waals surface area contributed by atoms with E-state index in [0.29, 0.717) is 6.54 Å². The van der Waals surface area contributed by atoms with Crippen LogP contribution in [0, 0.1) is 5.41 Å². The van der Waals surface area contributed by atoms with Gasteiger partial charge < -0.3 is 10.6 Å². The van der Waals surface area contributed by atoms with Gasteiger partial charge in [-0.15, -0.1) is 0 Å². The molecule has 0 heterocycles. The first kappa shape index (κ1) is 13.4. The van der Waals surface area contributed by atoms with E-state index in [1.165, 1.54) is 5.39 Å². The number of benzene rings is 2. The minimum Gasteiger partial charge on any atom is -0.337 e. The Bertz CT molecular complexity index is 585. The zero-order valence-corrected chi connectivity index (χ0v) is 11.7. The molecule has 19 heavy (non-hydrogen) atoms. The first-order chi connectivity index (χ1) is 8.94. The Hall–Kier alpha value is -2.03. The summed E-state index contributed by atoms with van der Waals surface area (Å²) in [5.41, 5.74) is 0.894. The summed E-state index contributed by atoms with van der Waals surface area (Å²) >= 11 is 0. The summed E-state index contributed by atoms with van der Waals surface area (Å²) in [5, 5.41) is 8.02. The molecule has 0 radical (unpaired) electrons. The smallest absolute Gasteiger partial charge is 0.319 e. The van der Waals surface area contributed by atoms with Crippen LogP contribution < -0.4 is 10.6 Å². The first-order valence-electron chi connectivity index (χ1n) is 6.48. The molecule has 2 N–H and O–H groups in total. The minimum atomic E-state index is -0.162. The highest BCUT2D eigenvalue weighted by molar-refractivity contribution is 5.93. The fraction of sp³-hybridized carbons (Fsp3) is 0.312. The number of carbonyl (C=O) groups is 1. The van der Waals surface area contributed by atoms with Gasteiger partial charge in [0, 0.05) is 12.2 Å². The maximum atomic E-state index is 11.8. The van der Waals surface area contributed by atoms with Crippen LogP contribution in [-0.2, 0) is 0 Å². The molecular weight excluding hydrogens is 236 g/mol. The predicted octanol–water partition coefficient (Wildman–Crippen LogP) is 4.01. The first-order valence-corrected chi connectivity index (χ1v) is 6.48. The number of hydrogen-bond acceptors (Lipinski definition) is 1. The minimum absolute atomic E-state index is 0.0841. The van der Waals surface area contributed by atoms with Crippen LogP contribution in [0.15, 0.2) is 42.5 Å². The van der Waals surface area contributed by atoms with E-state index in [2.05, 4.69) is 37.5 Å². The van der Waals surface area contributed by atoms with E-state index in [1.54, 1.807) is 0 Å². The van der Waals surface area contributed by atoms with E-state index in [1.807, 2.05) is 36.4 Å². The van der Waals surface area contributed by atoms with E-state index in [0.717, 1.165) is 11.1 Å². The topological polar surface area (TPSA) is 41.1 Å². The Balaban J connectivity index is 2.03. The maximum Gasteiger partial charge on any atom is 0.319 e. The lowest BCUT2D eigenvalue weighted by Gasteiger charge is -2.19. The van der Waals surface area contributed by atoms with Gasteiger partial charge in [-0.3, -0.25) is 0 Å². The molecule has 2 aromatic carbocycles. The van der Waals surface area contributed by atoms with E-state index >= 15 is 0 Å². The number of rotatable bonds is 2. The summed E-state index contributed by atoms with van der Waals surface area (Å²) in [5.74, 6) is 0. The van der Waals surface area contributed by atoms with E-state index in [9.17, 15) is 4.79 Å². The van der Waals surface area contributed by atoms with Crippen molar-refractivity contribution >= 4 is 22.5 Å². The molecular formula is C16H20N2O. The van der Waals surface area contributed by atoms with Crippen molar-refractivity contribution in [2.45, 2.75) is 20.8 Å². The lowest BCUT2D eigenvalue weighted by Crippen LogP contribution is -2.35. The zero-order valence-electron chi connectivity index (χ0n) is 11.7.